The molecular formula is C23H20ClN3O3. The molecule has 0 saturated heterocycles. The van der Waals surface area contributed by atoms with E-state index >= 15 is 0 Å². The van der Waals surface area contributed by atoms with Crippen molar-refractivity contribution in [2.45, 2.75) is 12.6 Å². The minimum Gasteiger partial charge on any atom is -0.365 e. The van der Waals surface area contributed by atoms with Gasteiger partial charge in [0, 0.05) is 25.7 Å². The molecule has 7 heteroatoms. The molecule has 0 bridgehead atoms. The first kappa shape index (κ1) is 18.9. The Morgan fingerprint density at radius 2 is 1.67 bits per heavy atom. The van der Waals surface area contributed by atoms with Crippen molar-refractivity contribution in [3.63, 3.8) is 0 Å². The van der Waals surface area contributed by atoms with Gasteiger partial charge in [-0.2, -0.15) is 0 Å². The lowest BCUT2D eigenvalue weighted by Gasteiger charge is -2.27. The van der Waals surface area contributed by atoms with Gasteiger partial charge < -0.3 is 9.30 Å². The van der Waals surface area contributed by atoms with Crippen molar-refractivity contribution in [1.82, 2.24) is 13.7 Å². The van der Waals surface area contributed by atoms with Gasteiger partial charge in [0.2, 0.25) is 0 Å². The highest BCUT2D eigenvalue weighted by atomic mass is 35.5. The molecular weight excluding hydrogens is 402 g/mol. The van der Waals surface area contributed by atoms with Gasteiger partial charge in [0.1, 0.15) is 6.10 Å². The second kappa shape index (κ2) is 7.00. The van der Waals surface area contributed by atoms with Crippen LogP contribution < -0.4 is 11.2 Å². The van der Waals surface area contributed by atoms with E-state index in [0.717, 1.165) is 22.5 Å². The van der Waals surface area contributed by atoms with E-state index in [9.17, 15) is 9.59 Å². The van der Waals surface area contributed by atoms with Gasteiger partial charge in [0.15, 0.2) is 0 Å². The van der Waals surface area contributed by atoms with E-state index in [2.05, 4.69) is 4.57 Å². The van der Waals surface area contributed by atoms with E-state index < -0.39 is 6.10 Å². The molecule has 152 valence electrons. The fraction of sp³-hybridized carbons (Fsp3) is 0.217. The first-order valence-corrected chi connectivity index (χ1v) is 10.1. The number of fused-ring (bicyclic) bond motifs is 3. The molecule has 3 heterocycles. The zero-order valence-electron chi connectivity index (χ0n) is 16.6. The van der Waals surface area contributed by atoms with Crippen molar-refractivity contribution in [2.24, 2.45) is 14.1 Å². The van der Waals surface area contributed by atoms with Crippen LogP contribution in [0.25, 0.3) is 22.2 Å². The topological polar surface area (TPSA) is 58.2 Å². The van der Waals surface area contributed by atoms with Crippen molar-refractivity contribution in [3.05, 3.63) is 91.7 Å². The summed E-state index contributed by atoms with van der Waals surface area (Å²) in [5.74, 6) is 0. The highest BCUT2D eigenvalue weighted by Gasteiger charge is 2.32. The largest absolute Gasteiger partial charge is 0.365 e. The highest BCUT2D eigenvalue weighted by Crippen LogP contribution is 2.40. The van der Waals surface area contributed by atoms with E-state index in [1.807, 2.05) is 54.6 Å². The van der Waals surface area contributed by atoms with Crippen molar-refractivity contribution < 1.29 is 4.74 Å². The van der Waals surface area contributed by atoms with Crippen LogP contribution in [0.1, 0.15) is 17.4 Å². The molecule has 30 heavy (non-hydrogen) atoms. The molecule has 0 saturated carbocycles. The third-order valence-electron chi connectivity index (χ3n) is 5.77. The number of aryl methyl sites for hydroxylation is 1. The number of ether oxygens (including phenoxy) is 1. The Morgan fingerprint density at radius 1 is 0.967 bits per heavy atom. The zero-order valence-corrected chi connectivity index (χ0v) is 17.4. The summed E-state index contributed by atoms with van der Waals surface area (Å²) in [7, 11) is 3.22. The Morgan fingerprint density at radius 3 is 2.37 bits per heavy atom. The van der Waals surface area contributed by atoms with Crippen LogP contribution in [0.4, 0.5) is 0 Å². The molecule has 1 aliphatic heterocycles. The fourth-order valence-electron chi connectivity index (χ4n) is 4.37. The highest BCUT2D eigenvalue weighted by molar-refractivity contribution is 6.30. The molecule has 1 aliphatic rings. The molecule has 2 aromatic carbocycles. The molecule has 2 aromatic heterocycles. The van der Waals surface area contributed by atoms with Gasteiger partial charge in [0.25, 0.3) is 5.56 Å². The predicted molar refractivity (Wildman–Crippen MR) is 117 cm³/mol. The molecule has 1 atom stereocenters. The lowest BCUT2D eigenvalue weighted by Crippen LogP contribution is -2.37. The molecule has 0 N–H and O–H groups in total. The lowest BCUT2D eigenvalue weighted by molar-refractivity contribution is 0.0478. The van der Waals surface area contributed by atoms with E-state index in [1.165, 1.54) is 11.6 Å². The van der Waals surface area contributed by atoms with Gasteiger partial charge in [-0.05, 0) is 23.3 Å². The quantitative estimate of drug-likeness (QED) is 0.498. The normalized spacial score (nSPS) is 16.0. The number of benzene rings is 2. The molecule has 6 nitrogen and oxygen atoms in total. The number of halogens is 1. The van der Waals surface area contributed by atoms with Gasteiger partial charge in [-0.3, -0.25) is 13.9 Å². The van der Waals surface area contributed by atoms with Gasteiger partial charge in [-0.1, -0.05) is 54.1 Å². The Bertz CT molecular complexity index is 1380. The maximum absolute atomic E-state index is 13.3. The van der Waals surface area contributed by atoms with Crippen LogP contribution in [0.5, 0.6) is 0 Å². The maximum Gasteiger partial charge on any atom is 0.331 e. The summed E-state index contributed by atoms with van der Waals surface area (Å²) in [5, 5.41) is 1.17. The molecule has 0 amide bonds. The monoisotopic (exact) mass is 421 g/mol. The van der Waals surface area contributed by atoms with Crippen molar-refractivity contribution >= 4 is 22.5 Å². The zero-order chi connectivity index (χ0) is 21.0. The molecule has 0 aliphatic carbocycles. The Kier molecular flexibility index (Phi) is 4.41. The van der Waals surface area contributed by atoms with Crippen molar-refractivity contribution in [1.29, 1.82) is 0 Å². The Balaban J connectivity index is 1.94. The summed E-state index contributed by atoms with van der Waals surface area (Å²) in [6.45, 7) is 1.09. The van der Waals surface area contributed by atoms with Crippen LogP contribution in [0.2, 0.25) is 5.02 Å². The molecule has 0 spiro atoms. The number of hydrogen-bond acceptors (Lipinski definition) is 3. The maximum atomic E-state index is 13.3. The Labute approximate surface area is 177 Å². The number of hydrogen-bond donors (Lipinski definition) is 0. The van der Waals surface area contributed by atoms with E-state index in [4.69, 9.17) is 16.3 Å². The lowest BCUT2D eigenvalue weighted by atomic mass is 10.0. The second-order valence-electron chi connectivity index (χ2n) is 7.48. The molecule has 1 unspecified atom stereocenters. The van der Waals surface area contributed by atoms with Crippen LogP contribution in [0.3, 0.4) is 0 Å². The SMILES string of the molecule is Cn1c(=O)c2c(-c3ccccc3)n3c(c2n(C)c1=O)C(c1ccc(Cl)cc1)OCC3. The molecule has 4 aromatic rings. The van der Waals surface area contributed by atoms with Gasteiger partial charge in [-0.25, -0.2) is 4.79 Å². The fourth-order valence-corrected chi connectivity index (χ4v) is 4.49. The molecule has 5 rings (SSSR count). The average Bonchev–Trinajstić information content (AvgIpc) is 3.13. The third kappa shape index (κ3) is 2.68. The average molecular weight is 422 g/mol. The van der Waals surface area contributed by atoms with E-state index in [-0.39, 0.29) is 11.2 Å². The van der Waals surface area contributed by atoms with E-state index in [0.29, 0.717) is 29.1 Å². The summed E-state index contributed by atoms with van der Waals surface area (Å²) >= 11 is 6.08. The van der Waals surface area contributed by atoms with Crippen LogP contribution in [0.15, 0.2) is 64.2 Å². The van der Waals surface area contributed by atoms with E-state index in [1.54, 1.807) is 11.6 Å². The minimum absolute atomic E-state index is 0.302. The third-order valence-corrected chi connectivity index (χ3v) is 6.02. The van der Waals surface area contributed by atoms with Crippen molar-refractivity contribution in [2.75, 3.05) is 6.61 Å². The minimum atomic E-state index is -0.409. The summed E-state index contributed by atoms with van der Waals surface area (Å²) in [5.41, 5.74) is 3.44. The van der Waals surface area contributed by atoms with Crippen LogP contribution >= 0.6 is 11.6 Å². The smallest absolute Gasteiger partial charge is 0.331 e. The molecule has 0 fully saturated rings. The first-order chi connectivity index (χ1) is 14.5. The first-order valence-electron chi connectivity index (χ1n) is 9.73. The van der Waals surface area contributed by atoms with Gasteiger partial charge in [-0.15, -0.1) is 0 Å². The van der Waals surface area contributed by atoms with Crippen LogP contribution in [-0.4, -0.2) is 20.3 Å². The Hall–Kier alpha value is -3.09. The molecule has 0 radical (unpaired) electrons. The number of aromatic nitrogens is 3. The summed E-state index contributed by atoms with van der Waals surface area (Å²) in [6.07, 6.45) is -0.409. The second-order valence-corrected chi connectivity index (χ2v) is 7.92. The van der Waals surface area contributed by atoms with Crippen LogP contribution in [0, 0.1) is 0 Å². The number of rotatable bonds is 2. The summed E-state index contributed by atoms with van der Waals surface area (Å²) < 4.78 is 11.0. The summed E-state index contributed by atoms with van der Waals surface area (Å²) in [6, 6.07) is 17.3. The summed E-state index contributed by atoms with van der Waals surface area (Å²) in [4.78, 5) is 26.1. The van der Waals surface area contributed by atoms with Gasteiger partial charge >= 0.3 is 5.69 Å². The van der Waals surface area contributed by atoms with Crippen LogP contribution in [-0.2, 0) is 25.4 Å². The number of nitrogens with zero attached hydrogens (tertiary/aromatic N) is 3. The van der Waals surface area contributed by atoms with Gasteiger partial charge in [0.05, 0.1) is 28.9 Å². The standard InChI is InChI=1S/C23H20ClN3O3/c1-25-19-17(22(28)26(2)23(25)29)18(14-6-4-3-5-7-14)27-12-13-30-21(20(19)27)15-8-10-16(24)11-9-15/h3-11,21H,12-13H2,1-2H3. The predicted octanol–water partition coefficient (Wildman–Crippen LogP) is 3.48. The van der Waals surface area contributed by atoms with Crippen molar-refractivity contribution in [3.8, 4) is 11.3 Å².